The second-order valence-electron chi connectivity index (χ2n) is 3.10. The first-order chi connectivity index (χ1) is 6.61. The molecule has 0 spiro atoms. The molecule has 0 bridgehead atoms. The average Bonchev–Trinajstić information content (AvgIpc) is 2.18. The molecule has 0 aromatic heterocycles. The molecule has 1 atom stereocenters. The summed E-state index contributed by atoms with van der Waals surface area (Å²) in [6.45, 7) is 1.82. The normalized spacial score (nSPS) is 12.6. The van der Waals surface area contributed by atoms with Crippen molar-refractivity contribution in [2.24, 2.45) is 0 Å². The van der Waals surface area contributed by atoms with Gasteiger partial charge in [-0.05, 0) is 12.1 Å². The quantitative estimate of drug-likeness (QED) is 0.877. The SMILES string of the molecule is COc1ccc(Br)c(C(C)CO)c1O. The van der Waals surface area contributed by atoms with Crippen molar-refractivity contribution >= 4 is 15.9 Å². The highest BCUT2D eigenvalue weighted by Crippen LogP contribution is 2.39. The Morgan fingerprint density at radius 3 is 2.64 bits per heavy atom. The lowest BCUT2D eigenvalue weighted by atomic mass is 10.0. The Hall–Kier alpha value is -0.740. The minimum atomic E-state index is -0.125. The first-order valence-electron chi connectivity index (χ1n) is 4.28. The van der Waals surface area contributed by atoms with Crippen molar-refractivity contribution in [1.82, 2.24) is 0 Å². The highest BCUT2D eigenvalue weighted by molar-refractivity contribution is 9.10. The van der Waals surface area contributed by atoms with Gasteiger partial charge in [0.15, 0.2) is 11.5 Å². The smallest absolute Gasteiger partial charge is 0.162 e. The Labute approximate surface area is 91.5 Å². The number of methoxy groups -OCH3 is 1. The fraction of sp³-hybridized carbons (Fsp3) is 0.400. The molecule has 1 unspecified atom stereocenters. The predicted molar refractivity (Wildman–Crippen MR) is 57.9 cm³/mol. The number of rotatable bonds is 3. The van der Waals surface area contributed by atoms with Gasteiger partial charge in [-0.2, -0.15) is 0 Å². The van der Waals surface area contributed by atoms with Crippen LogP contribution in [-0.2, 0) is 0 Å². The van der Waals surface area contributed by atoms with Crippen LogP contribution in [0.25, 0.3) is 0 Å². The number of halogens is 1. The second kappa shape index (κ2) is 4.66. The number of phenolic OH excluding ortho intramolecular Hbond substituents is 1. The van der Waals surface area contributed by atoms with Crippen molar-refractivity contribution in [2.45, 2.75) is 12.8 Å². The van der Waals surface area contributed by atoms with Gasteiger partial charge in [0.2, 0.25) is 0 Å². The standard InChI is InChI=1S/C10H13BrO3/c1-6(5-12)9-7(11)3-4-8(14-2)10(9)13/h3-4,6,12-13H,5H2,1-2H3. The molecule has 3 nitrogen and oxygen atoms in total. The van der Waals surface area contributed by atoms with Crippen molar-refractivity contribution in [2.75, 3.05) is 13.7 Å². The third-order valence-corrected chi connectivity index (χ3v) is 2.80. The third-order valence-electron chi connectivity index (χ3n) is 2.11. The predicted octanol–water partition coefficient (Wildman–Crippen LogP) is 2.26. The Balaban J connectivity index is 3.25. The second-order valence-corrected chi connectivity index (χ2v) is 3.95. The number of phenols is 1. The van der Waals surface area contributed by atoms with Crippen LogP contribution in [0.3, 0.4) is 0 Å². The van der Waals surface area contributed by atoms with Gasteiger partial charge in [0.25, 0.3) is 0 Å². The molecule has 0 fully saturated rings. The van der Waals surface area contributed by atoms with E-state index >= 15 is 0 Å². The minimum absolute atomic E-state index is 0.0146. The number of hydrogen-bond acceptors (Lipinski definition) is 3. The van der Waals surface area contributed by atoms with E-state index in [0.717, 1.165) is 4.47 Å². The lowest BCUT2D eigenvalue weighted by Crippen LogP contribution is -2.01. The lowest BCUT2D eigenvalue weighted by molar-refractivity contribution is 0.268. The van der Waals surface area contributed by atoms with Crippen LogP contribution >= 0.6 is 15.9 Å². The van der Waals surface area contributed by atoms with Crippen LogP contribution in [-0.4, -0.2) is 23.9 Å². The van der Waals surface area contributed by atoms with Crippen LogP contribution in [0.4, 0.5) is 0 Å². The van der Waals surface area contributed by atoms with E-state index < -0.39 is 0 Å². The maximum Gasteiger partial charge on any atom is 0.162 e. The van der Waals surface area contributed by atoms with Gasteiger partial charge in [0.1, 0.15) is 0 Å². The van der Waals surface area contributed by atoms with Crippen molar-refractivity contribution in [3.05, 3.63) is 22.2 Å². The fourth-order valence-electron chi connectivity index (χ4n) is 1.29. The molecular formula is C10H13BrO3. The Morgan fingerprint density at radius 2 is 2.14 bits per heavy atom. The molecule has 1 aromatic rings. The Kier molecular flexibility index (Phi) is 3.77. The van der Waals surface area contributed by atoms with Crippen molar-refractivity contribution < 1.29 is 14.9 Å². The van der Waals surface area contributed by atoms with E-state index in [0.29, 0.717) is 11.3 Å². The number of hydrogen-bond donors (Lipinski definition) is 2. The van der Waals surface area contributed by atoms with Crippen LogP contribution in [0.15, 0.2) is 16.6 Å². The summed E-state index contributed by atoms with van der Waals surface area (Å²) in [5.41, 5.74) is 0.673. The first-order valence-corrected chi connectivity index (χ1v) is 5.07. The van der Waals surface area contributed by atoms with E-state index in [1.807, 2.05) is 6.92 Å². The zero-order chi connectivity index (χ0) is 10.7. The summed E-state index contributed by atoms with van der Waals surface area (Å²) in [4.78, 5) is 0. The first kappa shape index (κ1) is 11.3. The molecule has 0 amide bonds. The molecule has 0 aliphatic rings. The van der Waals surface area contributed by atoms with Crippen LogP contribution in [0.2, 0.25) is 0 Å². The number of benzene rings is 1. The molecule has 0 aliphatic carbocycles. The van der Waals surface area contributed by atoms with E-state index in [9.17, 15) is 5.11 Å². The van der Waals surface area contributed by atoms with Crippen LogP contribution in [0.1, 0.15) is 18.4 Å². The molecule has 0 radical (unpaired) electrons. The van der Waals surface area contributed by atoms with Gasteiger partial charge >= 0.3 is 0 Å². The van der Waals surface area contributed by atoms with Crippen LogP contribution < -0.4 is 4.74 Å². The molecule has 78 valence electrons. The van der Waals surface area contributed by atoms with Gasteiger partial charge in [-0.3, -0.25) is 0 Å². The summed E-state index contributed by atoms with van der Waals surface area (Å²) in [7, 11) is 1.50. The molecule has 1 rings (SSSR count). The van der Waals surface area contributed by atoms with Gasteiger partial charge in [-0.1, -0.05) is 22.9 Å². The third kappa shape index (κ3) is 2.01. The van der Waals surface area contributed by atoms with Gasteiger partial charge < -0.3 is 14.9 Å². The van der Waals surface area contributed by atoms with Crippen molar-refractivity contribution in [3.8, 4) is 11.5 Å². The van der Waals surface area contributed by atoms with Gasteiger partial charge in [-0.25, -0.2) is 0 Å². The Morgan fingerprint density at radius 1 is 1.50 bits per heavy atom. The topological polar surface area (TPSA) is 49.7 Å². The molecular weight excluding hydrogens is 248 g/mol. The van der Waals surface area contributed by atoms with Crippen LogP contribution in [0.5, 0.6) is 11.5 Å². The number of ether oxygens (including phenoxy) is 1. The van der Waals surface area contributed by atoms with Crippen molar-refractivity contribution in [3.63, 3.8) is 0 Å². The van der Waals surface area contributed by atoms with E-state index in [1.54, 1.807) is 12.1 Å². The molecule has 0 saturated carbocycles. The Bertz CT molecular complexity index is 325. The summed E-state index contributed by atoms with van der Waals surface area (Å²) in [5.74, 6) is 0.381. The van der Waals surface area contributed by atoms with Gasteiger partial charge in [0.05, 0.1) is 7.11 Å². The lowest BCUT2D eigenvalue weighted by Gasteiger charge is -2.15. The molecule has 0 aliphatic heterocycles. The molecule has 0 saturated heterocycles. The van der Waals surface area contributed by atoms with E-state index in [2.05, 4.69) is 15.9 Å². The van der Waals surface area contributed by atoms with Crippen molar-refractivity contribution in [1.29, 1.82) is 0 Å². The summed E-state index contributed by atoms with van der Waals surface area (Å²) < 4.78 is 5.76. The maximum atomic E-state index is 9.81. The summed E-state index contributed by atoms with van der Waals surface area (Å²) in [6, 6.07) is 3.47. The molecule has 0 heterocycles. The van der Waals surface area contributed by atoms with Gasteiger partial charge in [-0.15, -0.1) is 0 Å². The maximum absolute atomic E-state index is 9.81. The average molecular weight is 261 g/mol. The van der Waals surface area contributed by atoms with E-state index in [1.165, 1.54) is 7.11 Å². The number of aliphatic hydroxyl groups excluding tert-OH is 1. The summed E-state index contributed by atoms with van der Waals surface area (Å²) in [5, 5.41) is 18.8. The summed E-state index contributed by atoms with van der Waals surface area (Å²) >= 11 is 3.33. The zero-order valence-corrected chi connectivity index (χ0v) is 9.71. The monoisotopic (exact) mass is 260 g/mol. The molecule has 4 heteroatoms. The minimum Gasteiger partial charge on any atom is -0.504 e. The summed E-state index contributed by atoms with van der Waals surface area (Å²) in [6.07, 6.45) is 0. The largest absolute Gasteiger partial charge is 0.504 e. The molecule has 14 heavy (non-hydrogen) atoms. The van der Waals surface area contributed by atoms with Gasteiger partial charge in [0, 0.05) is 22.6 Å². The van der Waals surface area contributed by atoms with E-state index in [-0.39, 0.29) is 18.3 Å². The number of aliphatic hydroxyl groups is 1. The fourth-order valence-corrected chi connectivity index (χ4v) is 2.00. The van der Waals surface area contributed by atoms with E-state index in [4.69, 9.17) is 9.84 Å². The highest BCUT2D eigenvalue weighted by atomic mass is 79.9. The number of aromatic hydroxyl groups is 1. The molecule has 1 aromatic carbocycles. The zero-order valence-electron chi connectivity index (χ0n) is 8.12. The van der Waals surface area contributed by atoms with Crippen LogP contribution in [0, 0.1) is 0 Å². The molecule has 2 N–H and O–H groups in total. The highest BCUT2D eigenvalue weighted by Gasteiger charge is 2.16.